The highest BCUT2D eigenvalue weighted by Crippen LogP contribution is 2.41. The van der Waals surface area contributed by atoms with E-state index in [0.717, 1.165) is 11.3 Å². The Bertz CT molecular complexity index is 1150. The predicted molar refractivity (Wildman–Crippen MR) is 141 cm³/mol. The lowest BCUT2D eigenvalue weighted by molar-refractivity contribution is -0.169. The van der Waals surface area contributed by atoms with E-state index in [4.69, 9.17) is 29.5 Å². The van der Waals surface area contributed by atoms with Gasteiger partial charge in [-0.3, -0.25) is 14.5 Å². The van der Waals surface area contributed by atoms with Gasteiger partial charge in [0.1, 0.15) is 36.0 Å². The summed E-state index contributed by atoms with van der Waals surface area (Å²) in [5, 5.41) is 7.52. The van der Waals surface area contributed by atoms with Gasteiger partial charge in [-0.15, -0.1) is 23.1 Å². The van der Waals surface area contributed by atoms with Gasteiger partial charge in [-0.2, -0.15) is 0 Å². The van der Waals surface area contributed by atoms with Gasteiger partial charge in [0.2, 0.25) is 6.29 Å². The van der Waals surface area contributed by atoms with Gasteiger partial charge < -0.3 is 34.8 Å². The van der Waals surface area contributed by atoms with E-state index in [-0.39, 0.29) is 34.9 Å². The normalized spacial score (nSPS) is 19.7. The maximum atomic E-state index is 13.2. The van der Waals surface area contributed by atoms with Gasteiger partial charge in [0.05, 0.1) is 6.61 Å². The van der Waals surface area contributed by atoms with Crippen molar-refractivity contribution < 1.29 is 43.0 Å². The molecule has 1 aromatic rings. The van der Waals surface area contributed by atoms with Crippen LogP contribution in [-0.2, 0) is 38.2 Å². The Morgan fingerprint density at radius 1 is 1.23 bits per heavy atom. The van der Waals surface area contributed by atoms with E-state index in [1.54, 1.807) is 0 Å². The van der Waals surface area contributed by atoms with Crippen molar-refractivity contribution in [3.63, 3.8) is 0 Å². The van der Waals surface area contributed by atoms with Crippen molar-refractivity contribution in [1.29, 1.82) is 0 Å². The van der Waals surface area contributed by atoms with E-state index in [0.29, 0.717) is 24.2 Å². The molecule has 2 aliphatic rings. The molecule has 0 saturated carbocycles. The number of nitrogens with zero attached hydrogens (tertiary/aromatic N) is 3. The average Bonchev–Trinajstić information content (AvgIpc) is 3.33. The molecule has 0 aromatic carbocycles. The number of carbonyl (C=O) groups is 4. The van der Waals surface area contributed by atoms with Crippen LogP contribution in [0.15, 0.2) is 21.8 Å². The van der Waals surface area contributed by atoms with Crippen LogP contribution >= 0.6 is 23.1 Å². The number of ether oxygens (including phenoxy) is 4. The molecule has 1 aromatic heterocycles. The number of aromatic nitrogens is 1. The summed E-state index contributed by atoms with van der Waals surface area (Å²) in [6.45, 7) is 5.16. The second kappa shape index (κ2) is 13.6. The highest BCUT2D eigenvalue weighted by molar-refractivity contribution is 8.00. The molecule has 3 atom stereocenters. The molecular formula is C23H31N5O9S2. The lowest BCUT2D eigenvalue weighted by Crippen LogP contribution is -2.71. The smallest absolute Gasteiger partial charge is 0.431 e. The number of amides is 2. The number of thiazole rings is 1. The number of rotatable bonds is 12. The summed E-state index contributed by atoms with van der Waals surface area (Å²) in [6.07, 6.45) is -1.35. The molecule has 39 heavy (non-hydrogen) atoms. The summed E-state index contributed by atoms with van der Waals surface area (Å²) < 4.78 is 20.7. The molecule has 0 spiro atoms. The fourth-order valence-electron chi connectivity index (χ4n) is 3.84. The van der Waals surface area contributed by atoms with Crippen molar-refractivity contribution in [2.24, 2.45) is 5.16 Å². The Morgan fingerprint density at radius 2 is 1.95 bits per heavy atom. The van der Waals surface area contributed by atoms with E-state index in [1.807, 2.05) is 13.8 Å². The minimum Gasteiger partial charge on any atom is -0.431 e. The minimum atomic E-state index is -1.28. The number of fused-ring (bicyclic) bond motifs is 1. The van der Waals surface area contributed by atoms with Gasteiger partial charge in [-0.05, 0) is 18.4 Å². The van der Waals surface area contributed by atoms with Gasteiger partial charge in [-0.1, -0.05) is 19.0 Å². The van der Waals surface area contributed by atoms with E-state index < -0.39 is 41.6 Å². The number of nitrogens with one attached hydrogen (secondary N) is 1. The summed E-state index contributed by atoms with van der Waals surface area (Å²) in [7, 11) is 2.72. The summed E-state index contributed by atoms with van der Waals surface area (Å²) in [6, 6.07) is -0.962. The SMILES string of the molecule is CCC(CC)OC(=O)OC(C)OC(=O)C1=C(COC)CS[C@@H]2C(NC(=O)C(=NOC)c3csc(N)n3)C(=O)N12. The number of nitrogen functional groups attached to an aromatic ring is 1. The van der Waals surface area contributed by atoms with Crippen LogP contribution < -0.4 is 11.1 Å². The summed E-state index contributed by atoms with van der Waals surface area (Å²) in [5.41, 5.74) is 6.18. The first-order valence-electron chi connectivity index (χ1n) is 12.0. The largest absolute Gasteiger partial charge is 0.511 e. The number of hydrogen-bond acceptors (Lipinski definition) is 14. The van der Waals surface area contributed by atoms with Gasteiger partial charge in [0.25, 0.3) is 11.8 Å². The Hall–Kier alpha value is -3.37. The first-order valence-corrected chi connectivity index (χ1v) is 13.9. The van der Waals surface area contributed by atoms with Crippen LogP contribution in [0.4, 0.5) is 9.93 Å². The van der Waals surface area contributed by atoms with E-state index in [9.17, 15) is 19.2 Å². The van der Waals surface area contributed by atoms with Crippen LogP contribution in [-0.4, -0.2) is 89.9 Å². The number of carbonyl (C=O) groups excluding carboxylic acids is 4. The first kappa shape index (κ1) is 30.2. The number of anilines is 1. The molecule has 3 rings (SSSR count). The van der Waals surface area contributed by atoms with E-state index in [2.05, 4.69) is 15.5 Å². The Balaban J connectivity index is 1.71. The predicted octanol–water partition coefficient (Wildman–Crippen LogP) is 1.61. The Labute approximate surface area is 233 Å². The lowest BCUT2D eigenvalue weighted by Gasteiger charge is -2.49. The van der Waals surface area contributed by atoms with Crippen LogP contribution in [0.25, 0.3) is 0 Å². The molecule has 16 heteroatoms. The van der Waals surface area contributed by atoms with Crippen molar-refractivity contribution in [2.75, 3.05) is 32.3 Å². The number of methoxy groups -OCH3 is 1. The number of nitrogens with two attached hydrogens (primary N) is 1. The van der Waals surface area contributed by atoms with Crippen LogP contribution in [0, 0.1) is 0 Å². The van der Waals surface area contributed by atoms with E-state index in [1.165, 1.54) is 43.2 Å². The molecule has 3 heterocycles. The number of hydrogen-bond donors (Lipinski definition) is 2. The zero-order valence-electron chi connectivity index (χ0n) is 22.1. The molecule has 0 radical (unpaired) electrons. The Kier molecular flexibility index (Phi) is 10.5. The quantitative estimate of drug-likeness (QED) is 0.119. The summed E-state index contributed by atoms with van der Waals surface area (Å²) in [4.78, 5) is 61.3. The molecule has 214 valence electrons. The molecule has 2 amide bonds. The van der Waals surface area contributed by atoms with Crippen LogP contribution in [0.2, 0.25) is 0 Å². The first-order chi connectivity index (χ1) is 18.6. The molecule has 2 aliphatic heterocycles. The van der Waals surface area contributed by atoms with Crippen LogP contribution in [0.1, 0.15) is 39.3 Å². The lowest BCUT2D eigenvalue weighted by atomic mass is 10.0. The Morgan fingerprint density at radius 3 is 2.54 bits per heavy atom. The van der Waals surface area contributed by atoms with Crippen LogP contribution in [0.3, 0.4) is 0 Å². The van der Waals surface area contributed by atoms with Crippen molar-refractivity contribution in [1.82, 2.24) is 15.2 Å². The maximum absolute atomic E-state index is 13.2. The third-order valence-electron chi connectivity index (χ3n) is 5.72. The van der Waals surface area contributed by atoms with Crippen molar-refractivity contribution >= 4 is 57.9 Å². The monoisotopic (exact) mass is 585 g/mol. The third-order valence-corrected chi connectivity index (χ3v) is 7.73. The number of thioether (sulfide) groups is 1. The van der Waals surface area contributed by atoms with E-state index >= 15 is 0 Å². The van der Waals surface area contributed by atoms with Crippen LogP contribution in [0.5, 0.6) is 0 Å². The minimum absolute atomic E-state index is 0.0297. The highest BCUT2D eigenvalue weighted by Gasteiger charge is 2.55. The zero-order chi connectivity index (χ0) is 28.7. The number of β-lactam (4-membered cyclic amide) rings is 1. The molecule has 0 bridgehead atoms. The summed E-state index contributed by atoms with van der Waals surface area (Å²) >= 11 is 2.45. The van der Waals surface area contributed by atoms with Gasteiger partial charge >= 0.3 is 12.1 Å². The topological polar surface area (TPSA) is 181 Å². The van der Waals surface area contributed by atoms with Crippen molar-refractivity contribution in [3.8, 4) is 0 Å². The zero-order valence-corrected chi connectivity index (χ0v) is 23.8. The van der Waals surface area contributed by atoms with Gasteiger partial charge in [-0.25, -0.2) is 14.6 Å². The molecule has 1 fully saturated rings. The summed E-state index contributed by atoms with van der Waals surface area (Å²) in [5.74, 6) is -1.80. The second-order valence-electron chi connectivity index (χ2n) is 8.34. The standard InChI is InChI=1S/C23H31N5O9S2/c1-6-13(7-2)37-23(32)36-11(3)35-21(31)17-12(8-33-4)9-38-20-16(19(30)28(17)20)26-18(29)15(27-34-5)14-10-39-22(24)25-14/h10-11,13,16,20H,6-9H2,1-5H3,(H2,24,25)(H,26,29)/t11?,16?,20-/m1/s1. The van der Waals surface area contributed by atoms with Gasteiger partial charge in [0, 0.05) is 25.2 Å². The highest BCUT2D eigenvalue weighted by atomic mass is 32.2. The molecule has 3 N–H and O–H groups in total. The molecule has 0 aliphatic carbocycles. The fourth-order valence-corrected chi connectivity index (χ4v) is 5.72. The van der Waals surface area contributed by atoms with Gasteiger partial charge in [0.15, 0.2) is 10.8 Å². The molecule has 14 nitrogen and oxygen atoms in total. The molecule has 2 unspecified atom stereocenters. The van der Waals surface area contributed by atoms with Crippen molar-refractivity contribution in [2.45, 2.75) is 57.4 Å². The number of oxime groups is 1. The second-order valence-corrected chi connectivity index (χ2v) is 10.3. The third kappa shape index (κ3) is 6.99. The molecule has 1 saturated heterocycles. The molecular weight excluding hydrogens is 554 g/mol. The van der Waals surface area contributed by atoms with Crippen molar-refractivity contribution in [3.05, 3.63) is 22.3 Å². The average molecular weight is 586 g/mol. The maximum Gasteiger partial charge on any atom is 0.511 e. The number of esters is 1. The fraction of sp³-hybridized carbons (Fsp3) is 0.565.